The highest BCUT2D eigenvalue weighted by atomic mass is 32.2. The minimum absolute atomic E-state index is 0.206. The Hall–Kier alpha value is -2.26. The summed E-state index contributed by atoms with van der Waals surface area (Å²) in [5.41, 5.74) is 2.38. The number of carbonyl (C=O) groups is 1. The SMILES string of the molecule is CCN(CC)S(=O)(=O)c1cc(C(=O)NCCCN2CCN(Cc3ccccc3)CC2)ccc1C. The fourth-order valence-electron chi connectivity index (χ4n) is 4.34. The topological polar surface area (TPSA) is 73.0 Å². The molecule has 2 aromatic rings. The van der Waals surface area contributed by atoms with E-state index in [0.717, 1.165) is 45.7 Å². The number of nitrogens with zero attached hydrogens (tertiary/aromatic N) is 3. The zero-order valence-electron chi connectivity index (χ0n) is 20.7. The van der Waals surface area contributed by atoms with Crippen LogP contribution in [0.2, 0.25) is 0 Å². The molecule has 2 aromatic carbocycles. The van der Waals surface area contributed by atoms with Gasteiger partial charge in [-0.1, -0.05) is 50.2 Å². The molecule has 8 heteroatoms. The average Bonchev–Trinajstić information content (AvgIpc) is 2.84. The second-order valence-electron chi connectivity index (χ2n) is 8.78. The average molecular weight is 487 g/mol. The van der Waals surface area contributed by atoms with Gasteiger partial charge in [-0.15, -0.1) is 0 Å². The minimum atomic E-state index is -3.61. The zero-order chi connectivity index (χ0) is 24.6. The first-order valence-corrected chi connectivity index (χ1v) is 13.7. The molecular weight excluding hydrogens is 448 g/mol. The van der Waals surface area contributed by atoms with Crippen molar-refractivity contribution in [3.05, 3.63) is 65.2 Å². The van der Waals surface area contributed by atoms with Crippen LogP contribution in [-0.2, 0) is 16.6 Å². The number of benzene rings is 2. The Kier molecular flexibility index (Phi) is 9.64. The molecule has 0 spiro atoms. The van der Waals surface area contributed by atoms with Crippen LogP contribution in [0.15, 0.2) is 53.4 Å². The first kappa shape index (κ1) is 26.3. The van der Waals surface area contributed by atoms with E-state index in [9.17, 15) is 13.2 Å². The van der Waals surface area contributed by atoms with Crippen LogP contribution < -0.4 is 5.32 Å². The van der Waals surface area contributed by atoms with Gasteiger partial charge in [-0.25, -0.2) is 8.42 Å². The summed E-state index contributed by atoms with van der Waals surface area (Å²) in [6.45, 7) is 12.9. The van der Waals surface area contributed by atoms with E-state index in [-0.39, 0.29) is 10.8 Å². The molecule has 186 valence electrons. The van der Waals surface area contributed by atoms with E-state index in [1.54, 1.807) is 19.1 Å². The number of carbonyl (C=O) groups excluding carboxylic acids is 1. The lowest BCUT2D eigenvalue weighted by Crippen LogP contribution is -2.46. The van der Waals surface area contributed by atoms with Crippen LogP contribution in [0.5, 0.6) is 0 Å². The van der Waals surface area contributed by atoms with Gasteiger partial charge in [0.05, 0.1) is 4.90 Å². The summed E-state index contributed by atoms with van der Waals surface area (Å²) in [5, 5.41) is 2.95. The van der Waals surface area contributed by atoms with Crippen LogP contribution in [0.25, 0.3) is 0 Å². The molecule has 7 nitrogen and oxygen atoms in total. The quantitative estimate of drug-likeness (QED) is 0.495. The first-order chi connectivity index (χ1) is 16.3. The number of hydrogen-bond acceptors (Lipinski definition) is 5. The standard InChI is InChI=1S/C26H38N4O3S/c1-4-30(5-2)34(32,33)25-20-24(13-12-22(25)3)26(31)27-14-9-15-28-16-18-29(19-17-28)21-23-10-7-6-8-11-23/h6-8,10-13,20H,4-5,9,14-19,21H2,1-3H3,(H,27,31). The lowest BCUT2D eigenvalue weighted by Gasteiger charge is -2.34. The summed E-state index contributed by atoms with van der Waals surface area (Å²) >= 11 is 0. The van der Waals surface area contributed by atoms with Gasteiger partial charge in [0.1, 0.15) is 0 Å². The minimum Gasteiger partial charge on any atom is -0.352 e. The Morgan fingerprint density at radius 2 is 1.62 bits per heavy atom. The number of nitrogens with one attached hydrogen (secondary N) is 1. The van der Waals surface area contributed by atoms with Crippen molar-refractivity contribution in [3.8, 4) is 0 Å². The summed E-state index contributed by atoms with van der Waals surface area (Å²) in [6.07, 6.45) is 0.862. The van der Waals surface area contributed by atoms with Crippen LogP contribution in [0.4, 0.5) is 0 Å². The van der Waals surface area contributed by atoms with E-state index in [2.05, 4.69) is 39.4 Å². The second kappa shape index (κ2) is 12.4. The van der Waals surface area contributed by atoms with E-state index >= 15 is 0 Å². The molecule has 1 heterocycles. The number of hydrogen-bond donors (Lipinski definition) is 1. The Morgan fingerprint density at radius 1 is 0.971 bits per heavy atom. The molecule has 0 aromatic heterocycles. The molecule has 1 fully saturated rings. The molecule has 1 saturated heterocycles. The van der Waals surface area contributed by atoms with E-state index in [4.69, 9.17) is 0 Å². The van der Waals surface area contributed by atoms with Crippen molar-refractivity contribution in [1.29, 1.82) is 0 Å². The van der Waals surface area contributed by atoms with Gasteiger partial charge >= 0.3 is 0 Å². The predicted molar refractivity (Wildman–Crippen MR) is 136 cm³/mol. The zero-order valence-corrected chi connectivity index (χ0v) is 21.5. The van der Waals surface area contributed by atoms with Crippen molar-refractivity contribution in [2.45, 2.75) is 38.6 Å². The van der Waals surface area contributed by atoms with Crippen molar-refractivity contribution in [1.82, 2.24) is 19.4 Å². The molecular formula is C26H38N4O3S. The molecule has 0 aliphatic carbocycles. The van der Waals surface area contributed by atoms with Crippen LogP contribution in [0.1, 0.15) is 41.8 Å². The van der Waals surface area contributed by atoms with Gasteiger partial charge < -0.3 is 10.2 Å². The van der Waals surface area contributed by atoms with E-state index in [1.807, 2.05) is 19.9 Å². The van der Waals surface area contributed by atoms with Crippen LogP contribution in [0.3, 0.4) is 0 Å². The monoisotopic (exact) mass is 486 g/mol. The normalized spacial score (nSPS) is 15.5. The highest BCUT2D eigenvalue weighted by Crippen LogP contribution is 2.21. The number of aryl methyl sites for hydroxylation is 1. The maximum absolute atomic E-state index is 12.9. The van der Waals surface area contributed by atoms with E-state index < -0.39 is 10.0 Å². The Morgan fingerprint density at radius 3 is 2.26 bits per heavy atom. The third-order valence-electron chi connectivity index (χ3n) is 6.42. The van der Waals surface area contributed by atoms with Gasteiger partial charge in [-0.2, -0.15) is 4.31 Å². The fourth-order valence-corrected chi connectivity index (χ4v) is 6.05. The van der Waals surface area contributed by atoms with E-state index in [0.29, 0.717) is 30.8 Å². The molecule has 1 amide bonds. The predicted octanol–water partition coefficient (Wildman–Crippen LogP) is 2.96. The molecule has 1 aliphatic rings. The highest BCUT2D eigenvalue weighted by Gasteiger charge is 2.24. The highest BCUT2D eigenvalue weighted by molar-refractivity contribution is 7.89. The van der Waals surface area contributed by atoms with Crippen molar-refractivity contribution in [3.63, 3.8) is 0 Å². The lowest BCUT2D eigenvalue weighted by molar-refractivity contribution is 0.0947. The van der Waals surface area contributed by atoms with Gasteiger partial charge in [0.25, 0.3) is 5.91 Å². The fraction of sp³-hybridized carbons (Fsp3) is 0.500. The maximum atomic E-state index is 12.9. The Labute approximate surface area is 204 Å². The van der Waals surface area contributed by atoms with Crippen molar-refractivity contribution in [2.24, 2.45) is 0 Å². The van der Waals surface area contributed by atoms with Gasteiger partial charge in [0.15, 0.2) is 0 Å². The number of rotatable bonds is 11. The van der Waals surface area contributed by atoms with Crippen LogP contribution >= 0.6 is 0 Å². The van der Waals surface area contributed by atoms with Crippen LogP contribution in [-0.4, -0.2) is 80.8 Å². The molecule has 0 saturated carbocycles. The summed E-state index contributed by atoms with van der Waals surface area (Å²) in [4.78, 5) is 17.8. The second-order valence-corrected chi connectivity index (χ2v) is 10.7. The number of amides is 1. The largest absolute Gasteiger partial charge is 0.352 e. The molecule has 3 rings (SSSR count). The number of sulfonamides is 1. The van der Waals surface area contributed by atoms with Gasteiger partial charge in [-0.3, -0.25) is 9.69 Å². The molecule has 0 bridgehead atoms. The molecule has 1 aliphatic heterocycles. The molecule has 1 N–H and O–H groups in total. The van der Waals surface area contributed by atoms with Gasteiger partial charge in [0.2, 0.25) is 10.0 Å². The van der Waals surface area contributed by atoms with Crippen molar-refractivity contribution < 1.29 is 13.2 Å². The molecule has 0 radical (unpaired) electrons. The van der Waals surface area contributed by atoms with E-state index in [1.165, 1.54) is 15.9 Å². The summed E-state index contributed by atoms with van der Waals surface area (Å²) in [6, 6.07) is 15.5. The molecule has 0 unspecified atom stereocenters. The summed E-state index contributed by atoms with van der Waals surface area (Å²) in [7, 11) is -3.61. The molecule has 0 atom stereocenters. The third kappa shape index (κ3) is 6.88. The van der Waals surface area contributed by atoms with Gasteiger partial charge in [0, 0.05) is 57.9 Å². The number of piperazine rings is 1. The lowest BCUT2D eigenvalue weighted by atomic mass is 10.1. The Bertz CT molecular complexity index is 1030. The maximum Gasteiger partial charge on any atom is 0.251 e. The summed E-state index contributed by atoms with van der Waals surface area (Å²) < 4.78 is 27.3. The van der Waals surface area contributed by atoms with Crippen molar-refractivity contribution >= 4 is 15.9 Å². The van der Waals surface area contributed by atoms with Gasteiger partial charge in [-0.05, 0) is 43.1 Å². The van der Waals surface area contributed by atoms with Crippen LogP contribution in [0, 0.1) is 6.92 Å². The van der Waals surface area contributed by atoms with Crippen molar-refractivity contribution in [2.75, 3.05) is 52.4 Å². The third-order valence-corrected chi connectivity index (χ3v) is 8.62. The summed E-state index contributed by atoms with van der Waals surface area (Å²) in [5.74, 6) is -0.233. The Balaban J connectivity index is 1.44. The smallest absolute Gasteiger partial charge is 0.251 e. The molecule has 34 heavy (non-hydrogen) atoms. The first-order valence-electron chi connectivity index (χ1n) is 12.2.